The molecule has 0 aliphatic carbocycles. The van der Waals surface area contributed by atoms with Crippen molar-refractivity contribution in [3.63, 3.8) is 0 Å². The predicted molar refractivity (Wildman–Crippen MR) is 113 cm³/mol. The molecule has 4 nitrogen and oxygen atoms in total. The van der Waals surface area contributed by atoms with Gasteiger partial charge in [-0.3, -0.25) is 4.79 Å². The van der Waals surface area contributed by atoms with Crippen LogP contribution in [0, 0.1) is 6.92 Å². The number of allylic oxidation sites excluding steroid dienone is 2. The number of ketones is 1. The van der Waals surface area contributed by atoms with Crippen molar-refractivity contribution in [1.29, 1.82) is 0 Å². The third kappa shape index (κ3) is 2.94. The van der Waals surface area contributed by atoms with E-state index in [-0.39, 0.29) is 5.78 Å². The number of para-hydroxylation sites is 2. The molecule has 2 heterocycles. The van der Waals surface area contributed by atoms with Gasteiger partial charge in [0.1, 0.15) is 5.65 Å². The summed E-state index contributed by atoms with van der Waals surface area (Å²) in [5, 5.41) is 4.64. The SMILES string of the molecule is C=CCn1c2ccccc2n2nc(C)c(C(=O)C=Cc3ccccc3Br)c12. The van der Waals surface area contributed by atoms with Crippen molar-refractivity contribution in [3.05, 3.63) is 88.6 Å². The molecule has 4 aromatic rings. The number of carbonyl (C=O) groups excluding carboxylic acids is 1. The van der Waals surface area contributed by atoms with E-state index in [1.54, 1.807) is 6.08 Å². The van der Waals surface area contributed by atoms with Crippen LogP contribution in [0.5, 0.6) is 0 Å². The maximum Gasteiger partial charge on any atom is 0.191 e. The van der Waals surface area contributed by atoms with Gasteiger partial charge in [0.25, 0.3) is 0 Å². The highest BCUT2D eigenvalue weighted by Gasteiger charge is 2.21. The van der Waals surface area contributed by atoms with Crippen molar-refractivity contribution < 1.29 is 4.79 Å². The van der Waals surface area contributed by atoms with E-state index in [1.807, 2.05) is 72.1 Å². The number of carbonyl (C=O) groups is 1. The maximum atomic E-state index is 13.1. The molecule has 0 fully saturated rings. The zero-order chi connectivity index (χ0) is 19.0. The lowest BCUT2D eigenvalue weighted by Gasteiger charge is -2.03. The van der Waals surface area contributed by atoms with E-state index in [9.17, 15) is 4.79 Å². The number of benzene rings is 2. The van der Waals surface area contributed by atoms with Gasteiger partial charge in [-0.25, -0.2) is 4.52 Å². The fourth-order valence-corrected chi connectivity index (χ4v) is 3.80. The Hall–Kier alpha value is -2.92. The van der Waals surface area contributed by atoms with Gasteiger partial charge in [0.2, 0.25) is 0 Å². The second-order valence-electron chi connectivity index (χ2n) is 6.30. The predicted octanol–water partition coefficient (Wildman–Crippen LogP) is 5.44. The highest BCUT2D eigenvalue weighted by atomic mass is 79.9. The summed E-state index contributed by atoms with van der Waals surface area (Å²) in [7, 11) is 0. The van der Waals surface area contributed by atoms with Crippen LogP contribution in [-0.4, -0.2) is 20.0 Å². The Labute approximate surface area is 165 Å². The zero-order valence-electron chi connectivity index (χ0n) is 14.9. The van der Waals surface area contributed by atoms with Crippen LogP contribution < -0.4 is 0 Å². The smallest absolute Gasteiger partial charge is 0.191 e. The fourth-order valence-electron chi connectivity index (χ4n) is 3.38. The topological polar surface area (TPSA) is 39.3 Å². The molecule has 0 unspecified atom stereocenters. The van der Waals surface area contributed by atoms with Crippen molar-refractivity contribution in [2.45, 2.75) is 13.5 Å². The first kappa shape index (κ1) is 17.5. The number of hydrogen-bond donors (Lipinski definition) is 0. The van der Waals surface area contributed by atoms with Crippen molar-refractivity contribution in [2.24, 2.45) is 0 Å². The van der Waals surface area contributed by atoms with Gasteiger partial charge >= 0.3 is 0 Å². The minimum atomic E-state index is -0.0635. The van der Waals surface area contributed by atoms with E-state index in [4.69, 9.17) is 0 Å². The van der Waals surface area contributed by atoms with E-state index in [0.29, 0.717) is 12.1 Å². The lowest BCUT2D eigenvalue weighted by atomic mass is 10.1. The number of nitrogens with zero attached hydrogens (tertiary/aromatic N) is 3. The van der Waals surface area contributed by atoms with Gasteiger partial charge in [0.15, 0.2) is 5.78 Å². The summed E-state index contributed by atoms with van der Waals surface area (Å²) >= 11 is 3.51. The average molecular weight is 420 g/mol. The van der Waals surface area contributed by atoms with Gasteiger partial charge in [0, 0.05) is 11.0 Å². The number of fused-ring (bicyclic) bond motifs is 3. The van der Waals surface area contributed by atoms with Crippen LogP contribution in [0.1, 0.15) is 21.6 Å². The van der Waals surface area contributed by atoms with Gasteiger partial charge in [-0.15, -0.1) is 6.58 Å². The van der Waals surface area contributed by atoms with Crippen molar-refractivity contribution in [3.8, 4) is 0 Å². The molecule has 0 saturated carbocycles. The second-order valence-corrected chi connectivity index (χ2v) is 7.16. The first-order valence-electron chi connectivity index (χ1n) is 8.66. The number of aryl methyl sites for hydroxylation is 1. The Morgan fingerprint density at radius 3 is 2.59 bits per heavy atom. The third-order valence-corrected chi connectivity index (χ3v) is 5.29. The van der Waals surface area contributed by atoms with E-state index in [2.05, 4.69) is 32.2 Å². The molecule has 134 valence electrons. The molecular weight excluding hydrogens is 402 g/mol. The molecule has 0 saturated heterocycles. The van der Waals surface area contributed by atoms with E-state index >= 15 is 0 Å². The summed E-state index contributed by atoms with van der Waals surface area (Å²) in [6, 6.07) is 15.8. The molecule has 0 aliphatic rings. The molecule has 0 bridgehead atoms. The fraction of sp³-hybridized carbons (Fsp3) is 0.0909. The van der Waals surface area contributed by atoms with Crippen LogP contribution >= 0.6 is 15.9 Å². The third-order valence-electron chi connectivity index (χ3n) is 4.57. The lowest BCUT2D eigenvalue weighted by molar-refractivity contribution is 0.104. The molecule has 2 aromatic heterocycles. The average Bonchev–Trinajstić information content (AvgIpc) is 3.15. The zero-order valence-corrected chi connectivity index (χ0v) is 16.5. The number of hydrogen-bond acceptors (Lipinski definition) is 2. The summed E-state index contributed by atoms with van der Waals surface area (Å²) < 4.78 is 4.89. The Morgan fingerprint density at radius 2 is 1.85 bits per heavy atom. The normalized spacial score (nSPS) is 11.6. The molecule has 0 atom stereocenters. The van der Waals surface area contributed by atoms with Crippen LogP contribution in [-0.2, 0) is 6.54 Å². The largest absolute Gasteiger partial charge is 0.320 e. The molecule has 0 N–H and O–H groups in total. The van der Waals surface area contributed by atoms with Gasteiger partial charge in [-0.1, -0.05) is 52.3 Å². The molecule has 0 amide bonds. The van der Waals surface area contributed by atoms with Gasteiger partial charge < -0.3 is 4.57 Å². The molecule has 5 heteroatoms. The van der Waals surface area contributed by atoms with Crippen LogP contribution in [0.15, 0.2) is 71.7 Å². The highest BCUT2D eigenvalue weighted by Crippen LogP contribution is 2.26. The summed E-state index contributed by atoms with van der Waals surface area (Å²) in [6.07, 6.45) is 5.27. The van der Waals surface area contributed by atoms with Gasteiger partial charge in [0.05, 0.1) is 22.3 Å². The van der Waals surface area contributed by atoms with E-state index < -0.39 is 0 Å². The minimum absolute atomic E-state index is 0.0635. The summed E-state index contributed by atoms with van der Waals surface area (Å²) in [5.41, 5.74) is 5.11. The number of halogens is 1. The van der Waals surface area contributed by atoms with E-state index in [1.165, 1.54) is 0 Å². The minimum Gasteiger partial charge on any atom is -0.320 e. The van der Waals surface area contributed by atoms with Gasteiger partial charge in [-0.05, 0) is 42.8 Å². The Balaban J connectivity index is 1.88. The maximum absolute atomic E-state index is 13.1. The molecular formula is C22H18BrN3O. The molecule has 0 radical (unpaired) electrons. The van der Waals surface area contributed by atoms with Crippen molar-refractivity contribution >= 4 is 44.5 Å². The monoisotopic (exact) mass is 419 g/mol. The molecule has 0 aliphatic heterocycles. The number of imidazole rings is 1. The Kier molecular flexibility index (Phi) is 4.54. The Morgan fingerprint density at radius 1 is 1.15 bits per heavy atom. The van der Waals surface area contributed by atoms with Gasteiger partial charge in [-0.2, -0.15) is 5.10 Å². The van der Waals surface area contributed by atoms with E-state index in [0.717, 1.165) is 32.4 Å². The molecule has 4 rings (SSSR count). The highest BCUT2D eigenvalue weighted by molar-refractivity contribution is 9.10. The summed E-state index contributed by atoms with van der Waals surface area (Å²) in [4.78, 5) is 13.1. The molecule has 0 spiro atoms. The van der Waals surface area contributed by atoms with Crippen LogP contribution in [0.2, 0.25) is 0 Å². The molecule has 2 aromatic carbocycles. The standard InChI is InChI=1S/C22H18BrN3O/c1-3-14-25-18-10-6-7-11-19(18)26-22(25)21(15(2)24-26)20(27)13-12-16-8-4-5-9-17(16)23/h3-13H,1,14H2,2H3. The second kappa shape index (κ2) is 7.00. The summed E-state index contributed by atoms with van der Waals surface area (Å²) in [6.45, 7) is 6.34. The van der Waals surface area contributed by atoms with Crippen molar-refractivity contribution in [1.82, 2.24) is 14.2 Å². The lowest BCUT2D eigenvalue weighted by Crippen LogP contribution is -2.02. The first-order chi connectivity index (χ1) is 13.1. The number of aromatic nitrogens is 3. The van der Waals surface area contributed by atoms with Crippen LogP contribution in [0.25, 0.3) is 22.8 Å². The van der Waals surface area contributed by atoms with Crippen LogP contribution in [0.3, 0.4) is 0 Å². The number of rotatable bonds is 5. The quantitative estimate of drug-likeness (QED) is 0.245. The summed E-state index contributed by atoms with van der Waals surface area (Å²) in [5.74, 6) is -0.0635. The van der Waals surface area contributed by atoms with Crippen molar-refractivity contribution in [2.75, 3.05) is 0 Å². The molecule has 27 heavy (non-hydrogen) atoms. The first-order valence-corrected chi connectivity index (χ1v) is 9.45. The Bertz CT molecular complexity index is 1210. The van der Waals surface area contributed by atoms with Crippen LogP contribution in [0.4, 0.5) is 0 Å².